The first-order valence-electron chi connectivity index (χ1n) is 7.02. The molecule has 0 aliphatic carbocycles. The van der Waals surface area contributed by atoms with E-state index in [1.165, 1.54) is 23.2 Å². The van der Waals surface area contributed by atoms with Gasteiger partial charge in [-0.15, -0.1) is 0 Å². The fraction of sp³-hybridized carbons (Fsp3) is 0.400. The number of nitrogens with zero attached hydrogens (tertiary/aromatic N) is 1. The second-order valence-electron chi connectivity index (χ2n) is 5.73. The van der Waals surface area contributed by atoms with Crippen LogP contribution < -0.4 is 0 Å². The Morgan fingerprint density at radius 1 is 1.32 bits per heavy atom. The van der Waals surface area contributed by atoms with Crippen LogP contribution in [0.5, 0.6) is 0 Å². The molecule has 1 amide bonds. The van der Waals surface area contributed by atoms with Crippen LogP contribution in [0.25, 0.3) is 0 Å². The molecule has 118 valence electrons. The first-order chi connectivity index (χ1) is 10.3. The lowest BCUT2D eigenvalue weighted by Gasteiger charge is -2.42. The van der Waals surface area contributed by atoms with Crippen molar-refractivity contribution in [3.8, 4) is 0 Å². The van der Waals surface area contributed by atoms with Crippen LogP contribution in [0, 0.1) is 12.8 Å². The molecule has 2 heterocycles. The fourth-order valence-electron chi connectivity index (χ4n) is 2.87. The van der Waals surface area contributed by atoms with Crippen LogP contribution in [-0.4, -0.2) is 36.5 Å². The van der Waals surface area contributed by atoms with Crippen molar-refractivity contribution < 1.29 is 22.5 Å². The van der Waals surface area contributed by atoms with Crippen LogP contribution in [0.1, 0.15) is 18.9 Å². The third-order valence-corrected chi connectivity index (χ3v) is 5.33. The van der Waals surface area contributed by atoms with Crippen molar-refractivity contribution >= 4 is 16.0 Å². The zero-order chi connectivity index (χ0) is 16.1. The number of benzene rings is 1. The fourth-order valence-corrected chi connectivity index (χ4v) is 3.83. The van der Waals surface area contributed by atoms with Gasteiger partial charge in [0.05, 0.1) is 18.1 Å². The van der Waals surface area contributed by atoms with Crippen molar-refractivity contribution in [2.24, 2.45) is 5.92 Å². The summed E-state index contributed by atoms with van der Waals surface area (Å²) in [6.45, 7) is 3.42. The maximum absolute atomic E-state index is 12.2. The predicted molar refractivity (Wildman–Crippen MR) is 78.0 cm³/mol. The molecule has 1 N–H and O–H groups in total. The number of fused-ring (bicyclic) bond motifs is 1. The monoisotopic (exact) mass is 323 g/mol. The maximum atomic E-state index is 12.2. The average molecular weight is 323 g/mol. The highest BCUT2D eigenvalue weighted by atomic mass is 32.2. The zero-order valence-corrected chi connectivity index (χ0v) is 13.1. The molecular formula is C15H17NO5S. The van der Waals surface area contributed by atoms with Gasteiger partial charge >= 0.3 is 10.1 Å². The number of hydrogen-bond donors (Lipinski definition) is 1. The zero-order valence-electron chi connectivity index (χ0n) is 12.3. The number of amides is 1. The van der Waals surface area contributed by atoms with Crippen molar-refractivity contribution in [2.45, 2.75) is 37.3 Å². The Bertz CT molecular complexity index is 736. The Kier molecular flexibility index (Phi) is 3.49. The van der Waals surface area contributed by atoms with Gasteiger partial charge in [0.15, 0.2) is 0 Å². The number of aliphatic hydroxyl groups is 1. The number of carbonyl (C=O) groups is 1. The third-order valence-electron chi connectivity index (χ3n) is 4.05. The average Bonchev–Trinajstić information content (AvgIpc) is 2.77. The quantitative estimate of drug-likeness (QED) is 0.664. The number of rotatable bonds is 4. The lowest BCUT2D eigenvalue weighted by atomic mass is 9.84. The van der Waals surface area contributed by atoms with Gasteiger partial charge in [0.2, 0.25) is 5.91 Å². The SMILES string of the molecule is Cc1ccc(S(=O)(=O)OC2=CN3C(=O)C([C@@H](C)O)C3C2)cc1. The molecule has 0 radical (unpaired) electrons. The Labute approximate surface area is 129 Å². The van der Waals surface area contributed by atoms with Crippen LogP contribution >= 0.6 is 0 Å². The molecule has 1 aromatic rings. The minimum absolute atomic E-state index is 0.0756. The highest BCUT2D eigenvalue weighted by Gasteiger charge is 2.52. The minimum atomic E-state index is -3.90. The summed E-state index contributed by atoms with van der Waals surface area (Å²) in [5.41, 5.74) is 0.952. The molecule has 1 fully saturated rings. The third kappa shape index (κ3) is 2.40. The second-order valence-corrected chi connectivity index (χ2v) is 7.28. The molecule has 2 aliphatic heterocycles. The van der Waals surface area contributed by atoms with E-state index in [9.17, 15) is 18.3 Å². The second kappa shape index (κ2) is 5.10. The summed E-state index contributed by atoms with van der Waals surface area (Å²) < 4.78 is 29.6. The highest BCUT2D eigenvalue weighted by molar-refractivity contribution is 7.86. The first kappa shape index (κ1) is 15.1. The number of β-lactam (4-membered cyclic amide) rings is 1. The summed E-state index contributed by atoms with van der Waals surface area (Å²) in [6, 6.07) is 6.15. The predicted octanol–water partition coefficient (Wildman–Crippen LogP) is 1.15. The molecule has 0 spiro atoms. The van der Waals surface area contributed by atoms with Gasteiger partial charge in [0.25, 0.3) is 0 Å². The molecular weight excluding hydrogens is 306 g/mol. The topological polar surface area (TPSA) is 83.9 Å². The van der Waals surface area contributed by atoms with E-state index in [0.29, 0.717) is 6.42 Å². The van der Waals surface area contributed by atoms with E-state index < -0.39 is 22.1 Å². The van der Waals surface area contributed by atoms with Gasteiger partial charge in [0.1, 0.15) is 10.7 Å². The van der Waals surface area contributed by atoms with Gasteiger partial charge in [-0.3, -0.25) is 4.79 Å². The van der Waals surface area contributed by atoms with Crippen LogP contribution in [0.15, 0.2) is 41.1 Å². The molecule has 0 saturated carbocycles. The first-order valence-corrected chi connectivity index (χ1v) is 8.42. The van der Waals surface area contributed by atoms with Gasteiger partial charge in [-0.2, -0.15) is 8.42 Å². The van der Waals surface area contributed by atoms with E-state index in [2.05, 4.69) is 0 Å². The molecule has 7 heteroatoms. The van der Waals surface area contributed by atoms with E-state index in [-0.39, 0.29) is 22.6 Å². The summed E-state index contributed by atoms with van der Waals surface area (Å²) in [5, 5.41) is 9.58. The molecule has 1 saturated heterocycles. The Hall–Kier alpha value is -1.86. The van der Waals surface area contributed by atoms with E-state index in [1.54, 1.807) is 19.1 Å². The molecule has 22 heavy (non-hydrogen) atoms. The van der Waals surface area contributed by atoms with Crippen molar-refractivity contribution in [1.29, 1.82) is 0 Å². The van der Waals surface area contributed by atoms with Gasteiger partial charge < -0.3 is 14.2 Å². The standard InChI is InChI=1S/C15H17NO5S/c1-9-3-5-12(6-4-9)22(19,20)21-11-7-13-14(10(2)17)15(18)16(13)8-11/h3-6,8,10,13-14,17H,7H2,1-2H3/t10-,13?,14?/m1/s1. The van der Waals surface area contributed by atoms with Gasteiger partial charge in [0, 0.05) is 12.6 Å². The number of aliphatic hydroxyl groups excluding tert-OH is 1. The van der Waals surface area contributed by atoms with E-state index in [1.807, 2.05) is 6.92 Å². The summed E-state index contributed by atoms with van der Waals surface area (Å²) in [5.74, 6) is -0.465. The Morgan fingerprint density at radius 3 is 2.55 bits per heavy atom. The lowest BCUT2D eigenvalue weighted by molar-refractivity contribution is -0.156. The number of hydrogen-bond acceptors (Lipinski definition) is 5. The Morgan fingerprint density at radius 2 is 1.95 bits per heavy atom. The minimum Gasteiger partial charge on any atom is -0.393 e. The van der Waals surface area contributed by atoms with Crippen molar-refractivity contribution in [2.75, 3.05) is 0 Å². The largest absolute Gasteiger partial charge is 0.393 e. The summed E-state index contributed by atoms with van der Waals surface area (Å²) in [7, 11) is -3.90. The molecule has 3 rings (SSSR count). The van der Waals surface area contributed by atoms with Crippen LogP contribution in [0.3, 0.4) is 0 Å². The smallest absolute Gasteiger partial charge is 0.338 e. The molecule has 1 aromatic carbocycles. The van der Waals surface area contributed by atoms with Crippen LogP contribution in [-0.2, 0) is 19.1 Å². The van der Waals surface area contributed by atoms with E-state index in [4.69, 9.17) is 4.18 Å². The van der Waals surface area contributed by atoms with Crippen LogP contribution in [0.2, 0.25) is 0 Å². The summed E-state index contributed by atoms with van der Waals surface area (Å²) >= 11 is 0. The normalized spacial score (nSPS) is 25.3. The van der Waals surface area contributed by atoms with Crippen molar-refractivity contribution in [3.05, 3.63) is 41.8 Å². The van der Waals surface area contributed by atoms with E-state index >= 15 is 0 Å². The van der Waals surface area contributed by atoms with Gasteiger partial charge in [-0.1, -0.05) is 17.7 Å². The maximum Gasteiger partial charge on any atom is 0.338 e. The Balaban J connectivity index is 1.75. The molecule has 2 aliphatic rings. The number of carbonyl (C=O) groups excluding carboxylic acids is 1. The molecule has 2 unspecified atom stereocenters. The molecule has 3 atom stereocenters. The van der Waals surface area contributed by atoms with E-state index in [0.717, 1.165) is 5.56 Å². The van der Waals surface area contributed by atoms with Gasteiger partial charge in [-0.05, 0) is 26.0 Å². The van der Waals surface area contributed by atoms with Crippen molar-refractivity contribution in [1.82, 2.24) is 4.90 Å². The van der Waals surface area contributed by atoms with Crippen molar-refractivity contribution in [3.63, 3.8) is 0 Å². The molecule has 0 bridgehead atoms. The lowest BCUT2D eigenvalue weighted by Crippen LogP contribution is -2.59. The highest BCUT2D eigenvalue weighted by Crippen LogP contribution is 2.40. The summed E-state index contributed by atoms with van der Waals surface area (Å²) in [4.78, 5) is 13.3. The van der Waals surface area contributed by atoms with Gasteiger partial charge in [-0.25, -0.2) is 0 Å². The number of aryl methyl sites for hydroxylation is 1. The summed E-state index contributed by atoms with van der Waals surface area (Å²) in [6.07, 6.45) is 0.958. The molecule has 0 aromatic heterocycles. The molecule has 6 nitrogen and oxygen atoms in total. The van der Waals surface area contributed by atoms with Crippen LogP contribution in [0.4, 0.5) is 0 Å².